The minimum absolute atomic E-state index is 0.0236. The van der Waals surface area contributed by atoms with E-state index < -0.39 is 5.54 Å². The number of carbonyl (C=O) groups is 1. The molecule has 112 valence electrons. The summed E-state index contributed by atoms with van der Waals surface area (Å²) in [4.78, 5) is 13.3. The lowest BCUT2D eigenvalue weighted by Crippen LogP contribution is -3.09. The predicted octanol–water partition coefficient (Wildman–Crippen LogP) is 0.962. The van der Waals surface area contributed by atoms with Crippen LogP contribution in [0.3, 0.4) is 0 Å². The second-order valence-corrected chi connectivity index (χ2v) is 6.19. The average molecular weight is 286 g/mol. The van der Waals surface area contributed by atoms with E-state index in [9.17, 15) is 10.1 Å². The third kappa shape index (κ3) is 4.05. The van der Waals surface area contributed by atoms with Gasteiger partial charge in [0.25, 0.3) is 5.91 Å². The quantitative estimate of drug-likeness (QED) is 0.847. The minimum atomic E-state index is -0.611. The largest absolute Gasteiger partial charge is 0.333 e. The first-order chi connectivity index (χ1) is 10.0. The van der Waals surface area contributed by atoms with Gasteiger partial charge in [0, 0.05) is 5.56 Å². The highest BCUT2D eigenvalue weighted by Crippen LogP contribution is 2.28. The van der Waals surface area contributed by atoms with Crippen molar-refractivity contribution in [2.45, 2.75) is 44.7 Å². The van der Waals surface area contributed by atoms with Crippen LogP contribution in [-0.4, -0.2) is 25.0 Å². The van der Waals surface area contributed by atoms with Crippen molar-refractivity contribution in [3.05, 3.63) is 35.4 Å². The van der Waals surface area contributed by atoms with Crippen LogP contribution in [-0.2, 0) is 11.3 Å². The van der Waals surface area contributed by atoms with E-state index in [1.165, 1.54) is 11.1 Å². The topological polar surface area (TPSA) is 57.3 Å². The summed E-state index contributed by atoms with van der Waals surface area (Å²) in [5.74, 6) is -0.0236. The molecular weight excluding hydrogens is 262 g/mol. The van der Waals surface area contributed by atoms with Crippen LogP contribution in [0, 0.1) is 18.3 Å². The number of carbonyl (C=O) groups excluding carboxylic acids is 1. The fraction of sp³-hybridized carbons (Fsp3) is 0.529. The normalized spacial score (nSPS) is 18.0. The maximum Gasteiger partial charge on any atom is 0.276 e. The van der Waals surface area contributed by atoms with Crippen LogP contribution in [0.25, 0.3) is 0 Å². The Morgan fingerprint density at radius 2 is 2.05 bits per heavy atom. The Hall–Kier alpha value is -1.86. The number of benzene rings is 1. The first-order valence-electron chi connectivity index (χ1n) is 7.63. The number of likely N-dealkylation sites (N-methyl/N-ethyl adjacent to an activating group) is 1. The molecule has 1 saturated carbocycles. The number of quaternary nitrogens is 1. The fourth-order valence-corrected chi connectivity index (χ4v) is 3.02. The molecular formula is C17H24N3O+. The van der Waals surface area contributed by atoms with Gasteiger partial charge in [-0.15, -0.1) is 0 Å². The molecule has 0 radical (unpaired) electrons. The smallest absolute Gasteiger partial charge is 0.276 e. The van der Waals surface area contributed by atoms with Crippen LogP contribution in [0.2, 0.25) is 0 Å². The van der Waals surface area contributed by atoms with Crippen LogP contribution in [0.1, 0.15) is 36.8 Å². The van der Waals surface area contributed by atoms with Crippen LogP contribution in [0.4, 0.5) is 0 Å². The summed E-state index contributed by atoms with van der Waals surface area (Å²) in [5, 5.41) is 12.3. The van der Waals surface area contributed by atoms with E-state index in [-0.39, 0.29) is 5.91 Å². The number of hydrogen-bond acceptors (Lipinski definition) is 2. The SMILES string of the molecule is Cc1ccccc1C[NH+](C)CC(=O)NC1(C#N)CCCC1. The van der Waals surface area contributed by atoms with Crippen molar-refractivity contribution in [1.82, 2.24) is 5.32 Å². The molecule has 0 saturated heterocycles. The Bertz CT molecular complexity index is 541. The van der Waals surface area contributed by atoms with Gasteiger partial charge in [-0.1, -0.05) is 24.3 Å². The van der Waals surface area contributed by atoms with E-state index >= 15 is 0 Å². The van der Waals surface area contributed by atoms with Crippen molar-refractivity contribution < 1.29 is 9.69 Å². The third-order valence-electron chi connectivity index (χ3n) is 4.27. The number of nitrogens with one attached hydrogen (secondary N) is 2. The van der Waals surface area contributed by atoms with Crippen molar-refractivity contribution in [2.24, 2.45) is 0 Å². The zero-order chi connectivity index (χ0) is 15.3. The molecule has 1 aliphatic rings. The van der Waals surface area contributed by atoms with Crippen molar-refractivity contribution in [1.29, 1.82) is 5.26 Å². The van der Waals surface area contributed by atoms with Gasteiger partial charge in [0.1, 0.15) is 12.1 Å². The average Bonchev–Trinajstić information content (AvgIpc) is 2.90. The molecule has 4 nitrogen and oxygen atoms in total. The molecule has 0 spiro atoms. The van der Waals surface area contributed by atoms with E-state index in [4.69, 9.17) is 0 Å². The number of nitrogens with zero attached hydrogens (tertiary/aromatic N) is 1. The highest BCUT2D eigenvalue weighted by Gasteiger charge is 2.35. The molecule has 2 N–H and O–H groups in total. The first-order valence-corrected chi connectivity index (χ1v) is 7.63. The van der Waals surface area contributed by atoms with Gasteiger partial charge in [-0.25, -0.2) is 0 Å². The summed E-state index contributed by atoms with van der Waals surface area (Å²) in [5.41, 5.74) is 1.90. The van der Waals surface area contributed by atoms with E-state index in [0.717, 1.165) is 37.1 Å². The Morgan fingerprint density at radius 3 is 2.67 bits per heavy atom. The van der Waals surface area contributed by atoms with Crippen molar-refractivity contribution in [2.75, 3.05) is 13.6 Å². The Balaban J connectivity index is 1.88. The predicted molar refractivity (Wildman–Crippen MR) is 81.6 cm³/mol. The molecule has 1 atom stereocenters. The molecule has 1 unspecified atom stereocenters. The maximum absolute atomic E-state index is 12.2. The lowest BCUT2D eigenvalue weighted by atomic mass is 10.00. The second kappa shape index (κ2) is 6.73. The maximum atomic E-state index is 12.2. The molecule has 0 heterocycles. The van der Waals surface area contributed by atoms with Gasteiger partial charge in [-0.05, 0) is 38.2 Å². The van der Waals surface area contributed by atoms with E-state index in [1.807, 2.05) is 19.2 Å². The molecule has 1 amide bonds. The van der Waals surface area contributed by atoms with Gasteiger partial charge in [0.2, 0.25) is 0 Å². The van der Waals surface area contributed by atoms with E-state index in [2.05, 4.69) is 30.4 Å². The summed E-state index contributed by atoms with van der Waals surface area (Å²) >= 11 is 0. The van der Waals surface area contributed by atoms with E-state index in [1.54, 1.807) is 0 Å². The molecule has 0 aliphatic heterocycles. The molecule has 1 fully saturated rings. The van der Waals surface area contributed by atoms with Gasteiger partial charge in [-0.3, -0.25) is 4.79 Å². The highest BCUT2D eigenvalue weighted by atomic mass is 16.2. The third-order valence-corrected chi connectivity index (χ3v) is 4.27. The van der Waals surface area contributed by atoms with Gasteiger partial charge in [0.05, 0.1) is 13.1 Å². The highest BCUT2D eigenvalue weighted by molar-refractivity contribution is 5.78. The van der Waals surface area contributed by atoms with Gasteiger partial charge >= 0.3 is 0 Å². The van der Waals surface area contributed by atoms with Crippen molar-refractivity contribution >= 4 is 5.91 Å². The second-order valence-electron chi connectivity index (χ2n) is 6.19. The molecule has 0 aromatic heterocycles. The van der Waals surface area contributed by atoms with Gasteiger partial charge in [-0.2, -0.15) is 5.26 Å². The summed E-state index contributed by atoms with van der Waals surface area (Å²) < 4.78 is 0. The first kappa shape index (κ1) is 15.5. The van der Waals surface area contributed by atoms with Crippen molar-refractivity contribution in [3.8, 4) is 6.07 Å². The number of aryl methyl sites for hydroxylation is 1. The lowest BCUT2D eigenvalue weighted by Gasteiger charge is -2.23. The monoisotopic (exact) mass is 286 g/mol. The fourth-order valence-electron chi connectivity index (χ4n) is 3.02. The molecule has 0 bridgehead atoms. The van der Waals surface area contributed by atoms with Crippen LogP contribution in [0.5, 0.6) is 0 Å². The number of hydrogen-bond donors (Lipinski definition) is 2. The summed E-state index contributed by atoms with van der Waals surface area (Å²) in [7, 11) is 2.01. The summed E-state index contributed by atoms with van der Waals surface area (Å²) in [6.07, 6.45) is 3.62. The number of rotatable bonds is 5. The molecule has 1 aromatic carbocycles. The van der Waals surface area contributed by atoms with E-state index in [0.29, 0.717) is 6.54 Å². The van der Waals surface area contributed by atoms with Crippen LogP contribution >= 0.6 is 0 Å². The standard InChI is InChI=1S/C17H23N3O/c1-14-7-3-4-8-15(14)11-20(2)12-16(21)19-17(13-18)9-5-6-10-17/h3-4,7-8H,5-6,9-12H2,1-2H3,(H,19,21)/p+1. The van der Waals surface area contributed by atoms with Gasteiger partial charge < -0.3 is 10.2 Å². The number of nitriles is 1. The number of amides is 1. The molecule has 4 heteroatoms. The van der Waals surface area contributed by atoms with Crippen molar-refractivity contribution in [3.63, 3.8) is 0 Å². The minimum Gasteiger partial charge on any atom is -0.333 e. The molecule has 1 aromatic rings. The summed E-state index contributed by atoms with van der Waals surface area (Å²) in [6.45, 7) is 3.31. The summed E-state index contributed by atoms with van der Waals surface area (Å²) in [6, 6.07) is 10.5. The Kier molecular flexibility index (Phi) is 4.98. The van der Waals surface area contributed by atoms with Crippen LogP contribution < -0.4 is 10.2 Å². The Labute approximate surface area is 126 Å². The zero-order valence-corrected chi connectivity index (χ0v) is 12.9. The van der Waals surface area contributed by atoms with Gasteiger partial charge in [0.15, 0.2) is 6.54 Å². The molecule has 2 rings (SSSR count). The molecule has 21 heavy (non-hydrogen) atoms. The zero-order valence-electron chi connectivity index (χ0n) is 12.9. The molecule has 1 aliphatic carbocycles. The Morgan fingerprint density at radius 1 is 1.38 bits per heavy atom. The lowest BCUT2D eigenvalue weighted by molar-refractivity contribution is -0.885. The van der Waals surface area contributed by atoms with Crippen LogP contribution in [0.15, 0.2) is 24.3 Å².